The van der Waals surface area contributed by atoms with Gasteiger partial charge in [-0.1, -0.05) is 18.9 Å². The van der Waals surface area contributed by atoms with Gasteiger partial charge in [-0.3, -0.25) is 4.79 Å². The molecule has 0 aromatic carbocycles. The number of nitrogens with two attached hydrogens (primary N) is 1. The van der Waals surface area contributed by atoms with Gasteiger partial charge in [0.2, 0.25) is 0 Å². The fraction of sp³-hybridized carbons (Fsp3) is 0.545. The number of carbonyl (C=O) groups excluding carboxylic acids is 1. The fourth-order valence-corrected chi connectivity index (χ4v) is 2.76. The van der Waals surface area contributed by atoms with Crippen LogP contribution >= 0.6 is 11.3 Å². The van der Waals surface area contributed by atoms with Crippen LogP contribution in [0, 0.1) is 0 Å². The van der Waals surface area contributed by atoms with Gasteiger partial charge in [0.1, 0.15) is 0 Å². The van der Waals surface area contributed by atoms with Crippen LogP contribution in [0.5, 0.6) is 0 Å². The van der Waals surface area contributed by atoms with E-state index in [1.54, 1.807) is 0 Å². The van der Waals surface area contributed by atoms with E-state index in [1.807, 2.05) is 17.5 Å². The molecule has 82 valence electrons. The number of thiophene rings is 1. The summed E-state index contributed by atoms with van der Waals surface area (Å²) in [6.45, 7) is 0.546. The highest BCUT2D eigenvalue weighted by Crippen LogP contribution is 2.29. The highest BCUT2D eigenvalue weighted by atomic mass is 32.1. The highest BCUT2D eigenvalue weighted by Gasteiger charge is 2.34. The second-order valence-corrected chi connectivity index (χ2v) is 5.07. The summed E-state index contributed by atoms with van der Waals surface area (Å²) in [4.78, 5) is 12.6. The average Bonchev–Trinajstić information content (AvgIpc) is 2.88. The molecule has 2 rings (SSSR count). The molecule has 0 saturated heterocycles. The minimum atomic E-state index is -0.138. The van der Waals surface area contributed by atoms with Crippen LogP contribution in [0.1, 0.15) is 35.4 Å². The Bertz CT molecular complexity index is 328. The summed E-state index contributed by atoms with van der Waals surface area (Å²) in [6.07, 6.45) is 4.37. The summed E-state index contributed by atoms with van der Waals surface area (Å²) in [5.41, 5.74) is 5.62. The number of hydrogen-bond acceptors (Lipinski definition) is 3. The van der Waals surface area contributed by atoms with Crippen molar-refractivity contribution in [3.05, 3.63) is 22.4 Å². The number of amides is 1. The highest BCUT2D eigenvalue weighted by molar-refractivity contribution is 7.12. The predicted molar refractivity (Wildman–Crippen MR) is 62.0 cm³/mol. The molecule has 0 spiro atoms. The van der Waals surface area contributed by atoms with Crippen LogP contribution in [-0.2, 0) is 0 Å². The predicted octanol–water partition coefficient (Wildman–Crippen LogP) is 1.75. The molecule has 1 saturated carbocycles. The molecule has 1 amide bonds. The minimum Gasteiger partial charge on any atom is -0.345 e. The first kappa shape index (κ1) is 10.6. The third kappa shape index (κ3) is 2.21. The Morgan fingerprint density at radius 1 is 1.53 bits per heavy atom. The van der Waals surface area contributed by atoms with E-state index in [-0.39, 0.29) is 11.4 Å². The van der Waals surface area contributed by atoms with E-state index in [0.29, 0.717) is 6.54 Å². The van der Waals surface area contributed by atoms with E-state index in [0.717, 1.165) is 17.7 Å². The van der Waals surface area contributed by atoms with Crippen molar-refractivity contribution in [2.24, 2.45) is 5.73 Å². The van der Waals surface area contributed by atoms with Gasteiger partial charge in [0.05, 0.1) is 10.4 Å². The Hall–Kier alpha value is -0.870. The lowest BCUT2D eigenvalue weighted by molar-refractivity contribution is 0.0907. The Labute approximate surface area is 93.7 Å². The van der Waals surface area contributed by atoms with E-state index in [4.69, 9.17) is 5.73 Å². The van der Waals surface area contributed by atoms with Gasteiger partial charge in [0.25, 0.3) is 5.91 Å². The van der Waals surface area contributed by atoms with Crippen molar-refractivity contribution in [3.8, 4) is 0 Å². The normalized spacial score (nSPS) is 19.0. The fourth-order valence-electron chi connectivity index (χ4n) is 2.14. The zero-order chi connectivity index (χ0) is 10.7. The van der Waals surface area contributed by atoms with Gasteiger partial charge in [-0.2, -0.15) is 0 Å². The van der Waals surface area contributed by atoms with Crippen LogP contribution in [0.2, 0.25) is 0 Å². The van der Waals surface area contributed by atoms with Gasteiger partial charge in [-0.05, 0) is 24.3 Å². The van der Waals surface area contributed by atoms with Crippen molar-refractivity contribution in [3.63, 3.8) is 0 Å². The summed E-state index contributed by atoms with van der Waals surface area (Å²) in [5.74, 6) is 0.0253. The molecule has 0 aliphatic heterocycles. The van der Waals surface area contributed by atoms with E-state index in [2.05, 4.69) is 5.32 Å². The van der Waals surface area contributed by atoms with Crippen LogP contribution < -0.4 is 11.1 Å². The lowest BCUT2D eigenvalue weighted by Gasteiger charge is -2.28. The number of hydrogen-bond donors (Lipinski definition) is 2. The molecule has 0 unspecified atom stereocenters. The van der Waals surface area contributed by atoms with Crippen LogP contribution in [0.4, 0.5) is 0 Å². The molecule has 3 N–H and O–H groups in total. The van der Waals surface area contributed by atoms with Crippen molar-refractivity contribution in [2.75, 3.05) is 6.54 Å². The van der Waals surface area contributed by atoms with Crippen LogP contribution in [-0.4, -0.2) is 18.0 Å². The second-order valence-electron chi connectivity index (χ2n) is 4.12. The lowest BCUT2D eigenvalue weighted by Crippen LogP contribution is -2.51. The molecule has 1 aromatic rings. The second kappa shape index (κ2) is 4.33. The molecule has 1 aliphatic rings. The third-order valence-electron chi connectivity index (χ3n) is 3.08. The molecule has 1 fully saturated rings. The Morgan fingerprint density at radius 3 is 2.80 bits per heavy atom. The van der Waals surface area contributed by atoms with Gasteiger partial charge in [0, 0.05) is 6.54 Å². The molecular formula is C11H16N2OS. The molecular weight excluding hydrogens is 208 g/mol. The first-order chi connectivity index (χ1) is 7.26. The zero-order valence-electron chi connectivity index (χ0n) is 8.66. The molecule has 0 bridgehead atoms. The van der Waals surface area contributed by atoms with Crippen molar-refractivity contribution < 1.29 is 4.79 Å². The summed E-state index contributed by atoms with van der Waals surface area (Å²) in [5, 5.41) is 5.01. The molecule has 1 heterocycles. The number of rotatable bonds is 3. The molecule has 1 aliphatic carbocycles. The van der Waals surface area contributed by atoms with Crippen LogP contribution in [0.25, 0.3) is 0 Å². The Balaban J connectivity index is 2.04. The maximum atomic E-state index is 11.9. The maximum absolute atomic E-state index is 11.9. The number of nitrogens with one attached hydrogen (secondary N) is 1. The quantitative estimate of drug-likeness (QED) is 0.822. The molecule has 3 nitrogen and oxygen atoms in total. The van der Waals surface area contributed by atoms with E-state index < -0.39 is 0 Å². The van der Waals surface area contributed by atoms with E-state index >= 15 is 0 Å². The maximum Gasteiger partial charge on any atom is 0.261 e. The standard InChI is InChI=1S/C11H16N2OS/c12-8-11(5-1-2-6-11)13-10(14)9-4-3-7-15-9/h3-4,7H,1-2,5-6,8,12H2,(H,13,14). The molecule has 4 heteroatoms. The summed E-state index contributed by atoms with van der Waals surface area (Å²) in [6, 6.07) is 3.74. The Morgan fingerprint density at radius 2 is 2.27 bits per heavy atom. The molecule has 1 aromatic heterocycles. The van der Waals surface area contributed by atoms with Crippen molar-refractivity contribution in [1.82, 2.24) is 5.32 Å². The first-order valence-corrected chi connectivity index (χ1v) is 6.20. The topological polar surface area (TPSA) is 55.1 Å². The largest absolute Gasteiger partial charge is 0.345 e. The minimum absolute atomic E-state index is 0.0253. The van der Waals surface area contributed by atoms with E-state index in [9.17, 15) is 4.79 Å². The van der Waals surface area contributed by atoms with Gasteiger partial charge in [-0.25, -0.2) is 0 Å². The zero-order valence-corrected chi connectivity index (χ0v) is 9.48. The third-order valence-corrected chi connectivity index (χ3v) is 3.94. The van der Waals surface area contributed by atoms with Crippen molar-refractivity contribution >= 4 is 17.2 Å². The van der Waals surface area contributed by atoms with Gasteiger partial charge in [0.15, 0.2) is 0 Å². The van der Waals surface area contributed by atoms with Crippen molar-refractivity contribution in [1.29, 1.82) is 0 Å². The molecule has 0 atom stereocenters. The molecule has 15 heavy (non-hydrogen) atoms. The summed E-state index contributed by atoms with van der Waals surface area (Å²) < 4.78 is 0. The monoisotopic (exact) mass is 224 g/mol. The average molecular weight is 224 g/mol. The van der Waals surface area contributed by atoms with Gasteiger partial charge < -0.3 is 11.1 Å². The summed E-state index contributed by atoms with van der Waals surface area (Å²) in [7, 11) is 0. The Kier molecular flexibility index (Phi) is 3.07. The first-order valence-electron chi connectivity index (χ1n) is 5.32. The molecule has 0 radical (unpaired) electrons. The SMILES string of the molecule is NCC1(NC(=O)c2cccs2)CCCC1. The van der Waals surface area contributed by atoms with Gasteiger partial charge >= 0.3 is 0 Å². The van der Waals surface area contributed by atoms with Crippen LogP contribution in [0.3, 0.4) is 0 Å². The number of carbonyl (C=O) groups is 1. The summed E-state index contributed by atoms with van der Waals surface area (Å²) >= 11 is 1.47. The van der Waals surface area contributed by atoms with Gasteiger partial charge in [-0.15, -0.1) is 11.3 Å². The van der Waals surface area contributed by atoms with Crippen molar-refractivity contribution in [2.45, 2.75) is 31.2 Å². The van der Waals surface area contributed by atoms with E-state index in [1.165, 1.54) is 24.2 Å². The lowest BCUT2D eigenvalue weighted by atomic mass is 9.98. The van der Waals surface area contributed by atoms with Crippen LogP contribution in [0.15, 0.2) is 17.5 Å². The smallest absolute Gasteiger partial charge is 0.261 e.